The fourth-order valence-corrected chi connectivity index (χ4v) is 3.50. The predicted molar refractivity (Wildman–Crippen MR) is 91.6 cm³/mol. The highest BCUT2D eigenvalue weighted by molar-refractivity contribution is 7.08. The van der Waals surface area contributed by atoms with Crippen molar-refractivity contribution < 1.29 is 4.79 Å². The molecule has 116 valence electrons. The van der Waals surface area contributed by atoms with Gasteiger partial charge in [0.1, 0.15) is 0 Å². The zero-order valence-corrected chi connectivity index (χ0v) is 13.9. The van der Waals surface area contributed by atoms with E-state index in [0.29, 0.717) is 0 Å². The van der Waals surface area contributed by atoms with Crippen LogP contribution in [0, 0.1) is 0 Å². The summed E-state index contributed by atoms with van der Waals surface area (Å²) in [5.41, 5.74) is 2.08. The molecule has 0 N–H and O–H groups in total. The second-order valence-electron chi connectivity index (χ2n) is 5.56. The van der Waals surface area contributed by atoms with Gasteiger partial charge in [-0.15, -0.1) is 0 Å². The van der Waals surface area contributed by atoms with Gasteiger partial charge in [0.05, 0.1) is 5.56 Å². The van der Waals surface area contributed by atoms with Crippen molar-refractivity contribution in [1.82, 2.24) is 9.80 Å². The summed E-state index contributed by atoms with van der Waals surface area (Å²) in [4.78, 5) is 16.8. The zero-order chi connectivity index (χ0) is 15.4. The summed E-state index contributed by atoms with van der Waals surface area (Å²) < 4.78 is 0. The minimum absolute atomic E-state index is 0.162. The lowest BCUT2D eigenvalue weighted by Gasteiger charge is -2.21. The van der Waals surface area contributed by atoms with Crippen molar-refractivity contribution in [2.24, 2.45) is 0 Å². The van der Waals surface area contributed by atoms with Gasteiger partial charge < -0.3 is 4.90 Å². The second-order valence-corrected chi connectivity index (χ2v) is 6.78. The smallest absolute Gasteiger partial charge is 0.254 e. The van der Waals surface area contributed by atoms with Crippen molar-refractivity contribution in [3.05, 3.63) is 57.2 Å². The number of thiophene rings is 1. The van der Waals surface area contributed by atoms with E-state index in [9.17, 15) is 4.79 Å². The number of hydrogen-bond donors (Lipinski definition) is 0. The molecule has 0 radical (unpaired) electrons. The van der Waals surface area contributed by atoms with E-state index in [4.69, 9.17) is 11.6 Å². The Hall–Kier alpha value is -1.36. The van der Waals surface area contributed by atoms with Gasteiger partial charge in [-0.2, -0.15) is 11.3 Å². The number of carbonyl (C=O) groups excluding carboxylic acids is 1. The lowest BCUT2D eigenvalue weighted by atomic mass is 10.2. The van der Waals surface area contributed by atoms with Gasteiger partial charge in [-0.3, -0.25) is 9.69 Å². The molecule has 2 heterocycles. The molecule has 5 heteroatoms. The summed E-state index contributed by atoms with van der Waals surface area (Å²) in [6.07, 6.45) is 1.02. The largest absolute Gasteiger partial charge is 0.337 e. The Morgan fingerprint density at radius 1 is 1.09 bits per heavy atom. The monoisotopic (exact) mass is 334 g/mol. The summed E-state index contributed by atoms with van der Waals surface area (Å²) in [7, 11) is 0. The normalized spacial score (nSPS) is 16.5. The molecule has 1 aromatic heterocycles. The average Bonchev–Trinajstić information content (AvgIpc) is 2.96. The third-order valence-corrected chi connectivity index (χ3v) is 4.90. The quantitative estimate of drug-likeness (QED) is 0.853. The molecule has 22 heavy (non-hydrogen) atoms. The van der Waals surface area contributed by atoms with E-state index < -0.39 is 0 Å². The molecule has 1 aliphatic rings. The van der Waals surface area contributed by atoms with E-state index in [2.05, 4.69) is 17.0 Å². The average molecular weight is 335 g/mol. The van der Waals surface area contributed by atoms with Gasteiger partial charge in [-0.1, -0.05) is 23.7 Å². The number of nitrogens with zero attached hydrogens (tertiary/aromatic N) is 2. The first-order valence-corrected chi connectivity index (χ1v) is 8.83. The van der Waals surface area contributed by atoms with E-state index >= 15 is 0 Å². The van der Waals surface area contributed by atoms with E-state index in [-0.39, 0.29) is 5.91 Å². The van der Waals surface area contributed by atoms with E-state index in [1.54, 1.807) is 11.3 Å². The lowest BCUT2D eigenvalue weighted by Crippen LogP contribution is -2.34. The summed E-state index contributed by atoms with van der Waals surface area (Å²) in [6, 6.07) is 9.91. The van der Waals surface area contributed by atoms with Crippen LogP contribution in [0.3, 0.4) is 0 Å². The molecular weight excluding hydrogens is 316 g/mol. The van der Waals surface area contributed by atoms with Crippen LogP contribution in [0.15, 0.2) is 41.1 Å². The van der Waals surface area contributed by atoms with Crippen molar-refractivity contribution in [3.8, 4) is 0 Å². The maximum absolute atomic E-state index is 12.4. The SMILES string of the molecule is O=C(c1ccsc1)N1CCCN(Cc2ccc(Cl)cc2)CC1. The fourth-order valence-electron chi connectivity index (χ4n) is 2.75. The minimum atomic E-state index is 0.162. The van der Waals surface area contributed by atoms with Gasteiger partial charge in [0, 0.05) is 43.1 Å². The first-order chi connectivity index (χ1) is 10.7. The maximum atomic E-state index is 12.4. The third kappa shape index (κ3) is 3.88. The van der Waals surface area contributed by atoms with Crippen molar-refractivity contribution in [2.75, 3.05) is 26.2 Å². The van der Waals surface area contributed by atoms with Crippen LogP contribution >= 0.6 is 22.9 Å². The fraction of sp³-hybridized carbons (Fsp3) is 0.353. The predicted octanol–water partition coefficient (Wildman–Crippen LogP) is 3.75. The Kier molecular flexibility index (Phi) is 5.13. The maximum Gasteiger partial charge on any atom is 0.254 e. The molecule has 2 aromatic rings. The second kappa shape index (κ2) is 7.27. The van der Waals surface area contributed by atoms with Gasteiger partial charge in [-0.25, -0.2) is 0 Å². The molecule has 3 nitrogen and oxygen atoms in total. The van der Waals surface area contributed by atoms with Crippen LogP contribution in [0.2, 0.25) is 5.02 Å². The standard InChI is InChI=1S/C17H19ClN2OS/c18-16-4-2-14(3-5-16)12-19-7-1-8-20(10-9-19)17(21)15-6-11-22-13-15/h2-6,11,13H,1,7-10,12H2. The third-order valence-electron chi connectivity index (χ3n) is 3.96. The van der Waals surface area contributed by atoms with Gasteiger partial charge >= 0.3 is 0 Å². The van der Waals surface area contributed by atoms with Crippen LogP contribution in [0.4, 0.5) is 0 Å². The van der Waals surface area contributed by atoms with Gasteiger partial charge in [0.25, 0.3) is 5.91 Å². The molecule has 1 aliphatic heterocycles. The summed E-state index contributed by atoms with van der Waals surface area (Å²) >= 11 is 7.50. The molecule has 0 bridgehead atoms. The van der Waals surface area contributed by atoms with Crippen molar-refractivity contribution in [3.63, 3.8) is 0 Å². The van der Waals surface area contributed by atoms with Crippen LogP contribution < -0.4 is 0 Å². The summed E-state index contributed by atoms with van der Waals surface area (Å²) in [6.45, 7) is 4.49. The highest BCUT2D eigenvalue weighted by atomic mass is 35.5. The van der Waals surface area contributed by atoms with Crippen molar-refractivity contribution in [1.29, 1.82) is 0 Å². The number of amides is 1. The molecule has 0 aliphatic carbocycles. The van der Waals surface area contributed by atoms with Crippen LogP contribution in [0.1, 0.15) is 22.3 Å². The van der Waals surface area contributed by atoms with Gasteiger partial charge in [0.2, 0.25) is 0 Å². The zero-order valence-electron chi connectivity index (χ0n) is 12.4. The van der Waals surface area contributed by atoms with Crippen molar-refractivity contribution >= 4 is 28.8 Å². The molecule has 0 saturated carbocycles. The summed E-state index contributed by atoms with van der Waals surface area (Å²) in [5, 5.41) is 4.66. The van der Waals surface area contributed by atoms with E-state index in [0.717, 1.165) is 49.7 Å². The first kappa shape index (κ1) is 15.5. The molecule has 1 saturated heterocycles. The van der Waals surface area contributed by atoms with Gasteiger partial charge in [-0.05, 0) is 35.6 Å². The topological polar surface area (TPSA) is 23.6 Å². The molecule has 0 unspecified atom stereocenters. The molecule has 0 atom stereocenters. The van der Waals surface area contributed by atoms with Crippen molar-refractivity contribution in [2.45, 2.75) is 13.0 Å². The number of carbonyl (C=O) groups is 1. The molecule has 1 fully saturated rings. The molecule has 0 spiro atoms. The molecular formula is C17H19ClN2OS. The minimum Gasteiger partial charge on any atom is -0.337 e. The number of rotatable bonds is 3. The number of hydrogen-bond acceptors (Lipinski definition) is 3. The molecule has 1 aromatic carbocycles. The van der Waals surface area contributed by atoms with Crippen LogP contribution in [0.5, 0.6) is 0 Å². The van der Waals surface area contributed by atoms with E-state index in [1.165, 1.54) is 5.56 Å². The number of benzene rings is 1. The molecule has 3 rings (SSSR count). The van der Waals surface area contributed by atoms with Crippen LogP contribution in [0.25, 0.3) is 0 Å². The van der Waals surface area contributed by atoms with E-state index in [1.807, 2.05) is 33.9 Å². The Morgan fingerprint density at radius 2 is 1.91 bits per heavy atom. The number of halogens is 1. The van der Waals surface area contributed by atoms with Gasteiger partial charge in [0.15, 0.2) is 0 Å². The van der Waals surface area contributed by atoms with Crippen LogP contribution in [-0.2, 0) is 6.54 Å². The first-order valence-electron chi connectivity index (χ1n) is 7.50. The molecule has 1 amide bonds. The highest BCUT2D eigenvalue weighted by Crippen LogP contribution is 2.15. The Balaban J connectivity index is 1.58. The Morgan fingerprint density at radius 3 is 2.64 bits per heavy atom. The Bertz CT molecular complexity index is 612. The lowest BCUT2D eigenvalue weighted by molar-refractivity contribution is 0.0761. The Labute approximate surface area is 140 Å². The van der Waals surface area contributed by atoms with Crippen LogP contribution in [-0.4, -0.2) is 41.9 Å². The highest BCUT2D eigenvalue weighted by Gasteiger charge is 2.20. The summed E-state index contributed by atoms with van der Waals surface area (Å²) in [5.74, 6) is 0.162.